The minimum atomic E-state index is -0.768. The standard InChI is InChI=1S/C16H35IO3Si/c1-5-9-10-11-12-13-15(17)21-20-16(14-6-2,18-7-3)19-8-4/h15H,5-14,21H2,1-4H3. The fourth-order valence-electron chi connectivity index (χ4n) is 2.36. The molecule has 0 fully saturated rings. The van der Waals surface area contributed by atoms with Gasteiger partial charge in [0, 0.05) is 23.2 Å². The molecule has 0 rings (SSSR count). The molecule has 0 aromatic heterocycles. The Morgan fingerprint density at radius 3 is 2.05 bits per heavy atom. The highest BCUT2D eigenvalue weighted by molar-refractivity contribution is 14.1. The lowest BCUT2D eigenvalue weighted by Gasteiger charge is -2.33. The zero-order chi connectivity index (χ0) is 16.0. The molecule has 21 heavy (non-hydrogen) atoms. The summed E-state index contributed by atoms with van der Waals surface area (Å²) in [5, 5.41) is 0. The monoisotopic (exact) mass is 430 g/mol. The zero-order valence-electron chi connectivity index (χ0n) is 14.5. The second-order valence-corrected chi connectivity index (χ2v) is 10.4. The Morgan fingerprint density at radius 1 is 0.905 bits per heavy atom. The number of hydrogen-bond acceptors (Lipinski definition) is 3. The molecule has 1 atom stereocenters. The van der Waals surface area contributed by atoms with Crippen LogP contribution in [-0.2, 0) is 13.9 Å². The van der Waals surface area contributed by atoms with Gasteiger partial charge in [0.1, 0.15) is 0 Å². The van der Waals surface area contributed by atoms with Crippen molar-refractivity contribution in [3.8, 4) is 0 Å². The van der Waals surface area contributed by atoms with E-state index in [1.165, 1.54) is 38.5 Å². The van der Waals surface area contributed by atoms with Gasteiger partial charge in [-0.15, -0.1) is 0 Å². The maximum Gasteiger partial charge on any atom is 0.272 e. The molecule has 1 unspecified atom stereocenters. The zero-order valence-corrected chi connectivity index (χ0v) is 18.0. The van der Waals surface area contributed by atoms with Gasteiger partial charge in [-0.25, -0.2) is 0 Å². The van der Waals surface area contributed by atoms with Gasteiger partial charge in [-0.2, -0.15) is 0 Å². The summed E-state index contributed by atoms with van der Waals surface area (Å²) in [5.41, 5.74) is 0. The Hall–Kier alpha value is 0.827. The Balaban J connectivity index is 4.08. The van der Waals surface area contributed by atoms with Gasteiger partial charge in [0.25, 0.3) is 5.97 Å². The molecule has 0 aliphatic rings. The average molecular weight is 430 g/mol. The van der Waals surface area contributed by atoms with Crippen LogP contribution in [0.25, 0.3) is 0 Å². The van der Waals surface area contributed by atoms with Crippen molar-refractivity contribution in [3.63, 3.8) is 0 Å². The predicted molar refractivity (Wildman–Crippen MR) is 102 cm³/mol. The summed E-state index contributed by atoms with van der Waals surface area (Å²) in [5.74, 6) is -0.768. The topological polar surface area (TPSA) is 27.7 Å². The third-order valence-corrected chi connectivity index (χ3v) is 6.47. The summed E-state index contributed by atoms with van der Waals surface area (Å²) in [4.78, 5) is 0. The molecule has 0 spiro atoms. The summed E-state index contributed by atoms with van der Waals surface area (Å²) >= 11 is 2.55. The summed E-state index contributed by atoms with van der Waals surface area (Å²) in [7, 11) is -0.632. The van der Waals surface area contributed by atoms with Crippen molar-refractivity contribution in [1.29, 1.82) is 0 Å². The van der Waals surface area contributed by atoms with Gasteiger partial charge in [0.15, 0.2) is 9.76 Å². The highest BCUT2D eigenvalue weighted by Gasteiger charge is 2.32. The number of ether oxygens (including phenoxy) is 2. The van der Waals surface area contributed by atoms with E-state index in [0.717, 1.165) is 12.8 Å². The molecular weight excluding hydrogens is 395 g/mol. The first-order valence-corrected chi connectivity index (χ1v) is 11.3. The van der Waals surface area contributed by atoms with Crippen molar-refractivity contribution < 1.29 is 13.9 Å². The van der Waals surface area contributed by atoms with Gasteiger partial charge in [0.2, 0.25) is 0 Å². The molecule has 5 heteroatoms. The van der Waals surface area contributed by atoms with Crippen LogP contribution in [0.1, 0.15) is 79.1 Å². The molecule has 0 heterocycles. The highest BCUT2D eigenvalue weighted by Crippen LogP contribution is 2.23. The summed E-state index contributed by atoms with van der Waals surface area (Å²) < 4.78 is 18.5. The third-order valence-electron chi connectivity index (χ3n) is 3.39. The maximum absolute atomic E-state index is 6.18. The van der Waals surface area contributed by atoms with Gasteiger partial charge >= 0.3 is 0 Å². The van der Waals surface area contributed by atoms with Gasteiger partial charge in [-0.3, -0.25) is 0 Å². The van der Waals surface area contributed by atoms with Crippen LogP contribution < -0.4 is 0 Å². The molecule has 128 valence electrons. The van der Waals surface area contributed by atoms with Crippen molar-refractivity contribution >= 4 is 32.4 Å². The van der Waals surface area contributed by atoms with Crippen LogP contribution in [0.3, 0.4) is 0 Å². The number of halogens is 1. The van der Waals surface area contributed by atoms with Crippen molar-refractivity contribution in [2.45, 2.75) is 88.6 Å². The minimum Gasteiger partial charge on any atom is -0.375 e. The molecule has 0 N–H and O–H groups in total. The van der Waals surface area contributed by atoms with Crippen LogP contribution in [0, 0.1) is 0 Å². The Labute approximate surface area is 148 Å². The molecular formula is C16H35IO3Si. The predicted octanol–water partition coefficient (Wildman–Crippen LogP) is 4.74. The van der Waals surface area contributed by atoms with E-state index in [2.05, 4.69) is 36.4 Å². The second-order valence-electron chi connectivity index (χ2n) is 5.41. The van der Waals surface area contributed by atoms with E-state index < -0.39 is 15.7 Å². The summed E-state index contributed by atoms with van der Waals surface area (Å²) in [6.07, 6.45) is 9.85. The first-order chi connectivity index (χ1) is 10.1. The summed E-state index contributed by atoms with van der Waals surface area (Å²) in [6.45, 7) is 9.69. The fourth-order valence-corrected chi connectivity index (χ4v) is 4.54. The van der Waals surface area contributed by atoms with Gasteiger partial charge < -0.3 is 13.9 Å². The molecule has 3 nitrogen and oxygen atoms in total. The average Bonchev–Trinajstić information content (AvgIpc) is 2.46. The summed E-state index contributed by atoms with van der Waals surface area (Å²) in [6, 6.07) is 0. The molecule has 0 saturated carbocycles. The van der Waals surface area contributed by atoms with Crippen molar-refractivity contribution in [2.75, 3.05) is 13.2 Å². The first kappa shape index (κ1) is 21.8. The SMILES string of the molecule is CCCCCCCC(I)[SiH2]OC(CCC)(OCC)OCC. The molecule has 0 aromatic rings. The van der Waals surface area contributed by atoms with Gasteiger partial charge in [0.05, 0.1) is 0 Å². The Kier molecular flexibility index (Phi) is 15.0. The quantitative estimate of drug-likeness (QED) is 0.124. The molecule has 0 amide bonds. The molecule has 0 aliphatic heterocycles. The lowest BCUT2D eigenvalue weighted by atomic mass is 10.1. The third kappa shape index (κ3) is 11.1. The molecule has 0 radical (unpaired) electrons. The van der Waals surface area contributed by atoms with Crippen molar-refractivity contribution in [3.05, 3.63) is 0 Å². The number of unbranched alkanes of at least 4 members (excludes halogenated alkanes) is 4. The lowest BCUT2D eigenvalue weighted by Crippen LogP contribution is -2.42. The van der Waals surface area contributed by atoms with E-state index in [1.807, 2.05) is 13.8 Å². The number of alkyl halides is 1. The Bertz CT molecular complexity index is 213. The van der Waals surface area contributed by atoms with E-state index in [9.17, 15) is 0 Å². The van der Waals surface area contributed by atoms with E-state index in [1.54, 1.807) is 0 Å². The molecule has 0 bridgehead atoms. The number of rotatable bonds is 15. The lowest BCUT2D eigenvalue weighted by molar-refractivity contribution is -0.345. The van der Waals surface area contributed by atoms with Crippen LogP contribution >= 0.6 is 22.6 Å². The largest absolute Gasteiger partial charge is 0.375 e. The van der Waals surface area contributed by atoms with E-state index in [4.69, 9.17) is 13.9 Å². The number of hydrogen-bond donors (Lipinski definition) is 0. The van der Waals surface area contributed by atoms with E-state index in [-0.39, 0.29) is 0 Å². The van der Waals surface area contributed by atoms with Crippen LogP contribution in [0.5, 0.6) is 0 Å². The maximum atomic E-state index is 6.18. The highest BCUT2D eigenvalue weighted by atomic mass is 127. The first-order valence-electron chi connectivity index (χ1n) is 8.70. The second kappa shape index (κ2) is 14.4. The minimum absolute atomic E-state index is 0.632. The van der Waals surface area contributed by atoms with Crippen LogP contribution in [0.2, 0.25) is 0 Å². The molecule has 0 aromatic carbocycles. The van der Waals surface area contributed by atoms with Gasteiger partial charge in [-0.05, 0) is 26.7 Å². The van der Waals surface area contributed by atoms with Crippen LogP contribution in [0.15, 0.2) is 0 Å². The normalized spacial score (nSPS) is 14.1. The van der Waals surface area contributed by atoms with Crippen molar-refractivity contribution in [1.82, 2.24) is 0 Å². The van der Waals surface area contributed by atoms with Crippen molar-refractivity contribution in [2.24, 2.45) is 0 Å². The molecule has 0 saturated heterocycles. The van der Waals surface area contributed by atoms with E-state index >= 15 is 0 Å². The fraction of sp³-hybridized carbons (Fsp3) is 1.00. The van der Waals surface area contributed by atoms with E-state index in [0.29, 0.717) is 16.8 Å². The van der Waals surface area contributed by atoms with Crippen LogP contribution in [0.4, 0.5) is 0 Å². The smallest absolute Gasteiger partial charge is 0.272 e. The van der Waals surface area contributed by atoms with Gasteiger partial charge in [-0.1, -0.05) is 68.5 Å². The Morgan fingerprint density at radius 2 is 1.52 bits per heavy atom. The van der Waals surface area contributed by atoms with Crippen LogP contribution in [-0.4, -0.2) is 32.5 Å². The molecule has 0 aliphatic carbocycles.